The molecule has 0 radical (unpaired) electrons. The molecule has 0 atom stereocenters. The molecule has 0 unspecified atom stereocenters. The van der Waals surface area contributed by atoms with Gasteiger partial charge in [-0.05, 0) is 0 Å². The van der Waals surface area contributed by atoms with Gasteiger partial charge in [0.2, 0.25) is 0 Å². The maximum absolute atomic E-state index is 6.94. The van der Waals surface area contributed by atoms with E-state index in [0.29, 0.717) is 0 Å². The molecule has 0 aliphatic heterocycles. The van der Waals surface area contributed by atoms with Crippen LogP contribution >= 0.6 is 24.8 Å². The van der Waals surface area contributed by atoms with Crippen molar-refractivity contribution in [2.45, 2.75) is 32.7 Å². The van der Waals surface area contributed by atoms with Crippen LogP contribution in [0.5, 0.6) is 0 Å². The number of hydrogen-bond donors (Lipinski definition) is 0. The first-order valence-electron chi connectivity index (χ1n) is 3.82. The molecule has 0 aromatic heterocycles. The van der Waals surface area contributed by atoms with Gasteiger partial charge in [-0.3, -0.25) is 6.08 Å². The predicted octanol–water partition coefficient (Wildman–Crippen LogP) is 5.77. The number of hydrogen-bond acceptors (Lipinski definition) is 0. The van der Waals surface area contributed by atoms with Gasteiger partial charge in [0.15, 0.2) is 0 Å². The minimum absolute atomic E-state index is 0. The summed E-state index contributed by atoms with van der Waals surface area (Å²) in [5.41, 5.74) is 6.69. The Balaban J connectivity index is -0.00000000819. The molecule has 1 N–H and O–H groups in total. The first-order chi connectivity index (χ1) is 5.50. The Labute approximate surface area is 158 Å². The zero-order valence-electron chi connectivity index (χ0n) is 15.0. The van der Waals surface area contributed by atoms with E-state index in [1.807, 2.05) is 59.7 Å². The van der Waals surface area contributed by atoms with Crippen LogP contribution in [0.15, 0.2) is 18.2 Å². The zero-order valence-corrected chi connectivity index (χ0v) is 19.6. The quantitative estimate of drug-likeness (QED) is 0.378. The molecule has 5 heteroatoms. The Morgan fingerprint density at radius 1 is 0.950 bits per heavy atom. The van der Waals surface area contributed by atoms with Crippen molar-refractivity contribution in [2.75, 3.05) is 0 Å². The summed E-state index contributed by atoms with van der Waals surface area (Å²) in [6, 6.07) is 0. The summed E-state index contributed by atoms with van der Waals surface area (Å²) < 4.78 is 0. The molecule has 0 bridgehead atoms. The number of halogens is 2. The second-order valence-corrected chi connectivity index (χ2v) is 3.25. The molecule has 0 amide bonds. The second-order valence-electron chi connectivity index (χ2n) is 3.25. The molecule has 1 nitrogen and oxygen atoms in total. The van der Waals surface area contributed by atoms with E-state index in [1.54, 1.807) is 0 Å². The van der Waals surface area contributed by atoms with Crippen molar-refractivity contribution in [1.29, 1.82) is 0 Å². The van der Waals surface area contributed by atoms with Crippen LogP contribution in [0.3, 0.4) is 0 Å². The van der Waals surface area contributed by atoms with Gasteiger partial charge in [0.05, 0.1) is 0 Å². The van der Waals surface area contributed by atoms with Crippen LogP contribution in [0.1, 0.15) is 27.2 Å². The molecule has 1 rings (SSSR count). The molecule has 0 saturated carbocycles. The van der Waals surface area contributed by atoms with Gasteiger partial charge in [0.25, 0.3) is 0 Å². The second kappa shape index (κ2) is 50.2. The van der Waals surface area contributed by atoms with Crippen molar-refractivity contribution in [3.05, 3.63) is 74.6 Å². The third-order valence-electron chi connectivity index (χ3n) is 0.586. The summed E-state index contributed by atoms with van der Waals surface area (Å²) in [5, 5.41) is 0. The van der Waals surface area contributed by atoms with Gasteiger partial charge in [-0.1, -0.05) is 20.8 Å². The first kappa shape index (κ1) is 69.5. The summed E-state index contributed by atoms with van der Waals surface area (Å²) in [6.45, 7) is 5.56. The van der Waals surface area contributed by atoms with E-state index in [2.05, 4.69) is 12.2 Å². The van der Waals surface area contributed by atoms with Gasteiger partial charge < -0.3 is 50.3 Å². The van der Waals surface area contributed by atoms with Gasteiger partial charge in [-0.2, -0.15) is 6.08 Å². The summed E-state index contributed by atoms with van der Waals surface area (Å²) in [6.07, 6.45) is 10.0. The van der Waals surface area contributed by atoms with E-state index in [1.165, 1.54) is 0 Å². The summed E-state index contributed by atoms with van der Waals surface area (Å²) in [4.78, 5) is 0. The van der Waals surface area contributed by atoms with Crippen LogP contribution in [0.2, 0.25) is 0 Å². The van der Waals surface area contributed by atoms with Crippen molar-refractivity contribution in [3.8, 4) is 0 Å². The van der Waals surface area contributed by atoms with E-state index in [-0.39, 0.29) is 74.9 Å². The molecule has 0 heterocycles. The molecule has 132 valence electrons. The third-order valence-corrected chi connectivity index (χ3v) is 0.586. The van der Waals surface area contributed by atoms with Crippen molar-refractivity contribution in [1.82, 2.24) is 0 Å². The SMILES string of the molecule is CC(C)(C)[NH-].Cl.Cl.[C-]1=CC=CC1.[CH3-].[CH3-].[CH3-].[CH3-].[CH3-].[CH3-].[SiH2]=[Ti]. The van der Waals surface area contributed by atoms with E-state index in [9.17, 15) is 0 Å². The van der Waals surface area contributed by atoms with Gasteiger partial charge in [0, 0.05) is 0 Å². The van der Waals surface area contributed by atoms with Gasteiger partial charge in [-0.15, -0.1) is 36.8 Å². The Morgan fingerprint density at radius 3 is 1.25 bits per heavy atom. The van der Waals surface area contributed by atoms with Crippen molar-refractivity contribution in [2.24, 2.45) is 0 Å². The summed E-state index contributed by atoms with van der Waals surface area (Å²) >= 11 is 2.03. The van der Waals surface area contributed by atoms with Gasteiger partial charge in [0.1, 0.15) is 0 Å². The van der Waals surface area contributed by atoms with E-state index in [4.69, 9.17) is 5.73 Å². The normalized spacial score (nSPS) is 7.55. The molecule has 0 fully saturated rings. The average molecular weight is 378 g/mol. The molecule has 0 spiro atoms. The van der Waals surface area contributed by atoms with Gasteiger partial charge >= 0.3 is 26.8 Å². The number of allylic oxidation sites excluding steroid dienone is 4. The fourth-order valence-corrected chi connectivity index (χ4v) is 0.340. The molecule has 0 saturated heterocycles. The van der Waals surface area contributed by atoms with Crippen molar-refractivity contribution in [3.63, 3.8) is 0 Å². The molecule has 1 aliphatic carbocycles. The molecular weight excluding hydrogens is 341 g/mol. The molecule has 0 aromatic carbocycles. The number of nitrogens with one attached hydrogen (secondary N) is 1. The summed E-state index contributed by atoms with van der Waals surface area (Å²) in [5.74, 6) is 0. The Morgan fingerprint density at radius 2 is 1.20 bits per heavy atom. The Bertz CT molecular complexity index is 142. The van der Waals surface area contributed by atoms with Crippen LogP contribution in [0.25, 0.3) is 5.73 Å². The van der Waals surface area contributed by atoms with Crippen molar-refractivity contribution >= 4 is 32.4 Å². The monoisotopic (exact) mass is 377 g/mol. The topological polar surface area (TPSA) is 23.8 Å². The molecule has 0 aromatic rings. The standard InChI is InChI=1S/C5H5.C4H10N.6CH3.2ClH.H2Si.Ti/c1-2-4-5-3-1;1-4(2,3)5;;;;;;;;;;/h1-3H,4H2;5H,1-3H3;6*1H3;2*1H;1H2;/q8*-1;;;;. The van der Waals surface area contributed by atoms with Crippen molar-refractivity contribution < 1.29 is 19.2 Å². The van der Waals surface area contributed by atoms with E-state index in [0.717, 1.165) is 6.42 Å². The van der Waals surface area contributed by atoms with Gasteiger partial charge in [-0.25, -0.2) is 12.2 Å². The Hall–Kier alpha value is 0.951. The van der Waals surface area contributed by atoms with Crippen LogP contribution in [0.4, 0.5) is 0 Å². The first-order valence-corrected chi connectivity index (χ1v) is 7.84. The fraction of sp³-hybridized carbons (Fsp3) is 0.333. The summed E-state index contributed by atoms with van der Waals surface area (Å²) in [7, 11) is 1.86. The van der Waals surface area contributed by atoms with Crippen LogP contribution in [-0.2, 0) is 19.2 Å². The predicted molar refractivity (Wildman–Crippen MR) is 107 cm³/mol. The Kier molecular flexibility index (Phi) is 174. The zero-order chi connectivity index (χ0) is 10.0. The van der Waals surface area contributed by atoms with E-state index >= 15 is 0 Å². The molecule has 1 aliphatic rings. The maximum atomic E-state index is 6.94. The minimum atomic E-state index is -0.250. The average Bonchev–Trinajstić information content (AvgIpc) is 2.41. The van der Waals surface area contributed by atoms with Crippen LogP contribution in [-0.4, -0.2) is 13.2 Å². The molecular formula is C15H37Cl2NSiTi-8. The van der Waals surface area contributed by atoms with E-state index < -0.39 is 0 Å². The van der Waals surface area contributed by atoms with Crippen LogP contribution in [0, 0.1) is 50.6 Å². The van der Waals surface area contributed by atoms with Crippen LogP contribution < -0.4 is 0 Å². The number of rotatable bonds is 0. The third kappa shape index (κ3) is 172. The molecule has 20 heavy (non-hydrogen) atoms. The fourth-order valence-electron chi connectivity index (χ4n) is 0.340.